The van der Waals surface area contributed by atoms with Gasteiger partial charge in [0.25, 0.3) is 0 Å². The first-order valence-corrected chi connectivity index (χ1v) is 12.0. The SMILES string of the molecule is CC.CC.CCC/C=C(C)\C=C/C(C)C(c1ccc(Cl)cc1Cl)N1CCNCC1. The van der Waals surface area contributed by atoms with Crippen molar-refractivity contribution in [2.24, 2.45) is 5.92 Å². The lowest BCUT2D eigenvalue weighted by molar-refractivity contribution is 0.146. The highest BCUT2D eigenvalue weighted by molar-refractivity contribution is 6.35. The molecule has 166 valence electrons. The third kappa shape index (κ3) is 10.2. The summed E-state index contributed by atoms with van der Waals surface area (Å²) in [5.74, 6) is 0.363. The summed E-state index contributed by atoms with van der Waals surface area (Å²) in [5, 5.41) is 4.88. The molecule has 1 saturated heterocycles. The fraction of sp³-hybridized carbons (Fsp3) is 0.600. The molecule has 1 aromatic carbocycles. The Morgan fingerprint density at radius 3 is 2.31 bits per heavy atom. The second-order valence-electron chi connectivity index (χ2n) is 6.85. The Morgan fingerprint density at radius 2 is 1.76 bits per heavy atom. The number of hydrogen-bond acceptors (Lipinski definition) is 2. The van der Waals surface area contributed by atoms with Crippen molar-refractivity contribution >= 4 is 23.2 Å². The summed E-state index contributed by atoms with van der Waals surface area (Å²) in [6.45, 7) is 18.8. The molecule has 1 aliphatic rings. The smallest absolute Gasteiger partial charge is 0.0468 e. The van der Waals surface area contributed by atoms with Crippen molar-refractivity contribution < 1.29 is 0 Å². The fourth-order valence-corrected chi connectivity index (χ4v) is 3.88. The zero-order valence-corrected chi connectivity index (χ0v) is 21.1. The zero-order valence-electron chi connectivity index (χ0n) is 19.6. The van der Waals surface area contributed by atoms with E-state index in [4.69, 9.17) is 23.2 Å². The first kappa shape index (κ1) is 28.2. The molecule has 1 N–H and O–H groups in total. The summed E-state index contributed by atoms with van der Waals surface area (Å²) in [6.07, 6.45) is 9.19. The number of nitrogens with one attached hydrogen (secondary N) is 1. The molecule has 1 fully saturated rings. The lowest BCUT2D eigenvalue weighted by Gasteiger charge is -2.38. The molecule has 1 aromatic rings. The molecule has 0 saturated carbocycles. The minimum absolute atomic E-state index is 0.266. The minimum atomic E-state index is 0.266. The van der Waals surface area contributed by atoms with Crippen LogP contribution in [0.25, 0.3) is 0 Å². The summed E-state index contributed by atoms with van der Waals surface area (Å²) < 4.78 is 0. The molecule has 2 nitrogen and oxygen atoms in total. The van der Waals surface area contributed by atoms with Crippen molar-refractivity contribution in [3.05, 3.63) is 57.6 Å². The number of allylic oxidation sites excluding steroid dienone is 3. The second-order valence-corrected chi connectivity index (χ2v) is 7.70. The first-order chi connectivity index (χ1) is 14.0. The van der Waals surface area contributed by atoms with E-state index in [-0.39, 0.29) is 6.04 Å². The molecule has 0 amide bonds. The minimum Gasteiger partial charge on any atom is -0.314 e. The predicted octanol–water partition coefficient (Wildman–Crippen LogP) is 7.93. The van der Waals surface area contributed by atoms with Gasteiger partial charge >= 0.3 is 0 Å². The molecular weight excluding hydrogens is 399 g/mol. The molecule has 0 aliphatic carbocycles. The fourth-order valence-electron chi connectivity index (χ4n) is 3.36. The molecule has 0 spiro atoms. The normalized spacial score (nSPS) is 17.1. The van der Waals surface area contributed by atoms with Gasteiger partial charge in [0.05, 0.1) is 0 Å². The van der Waals surface area contributed by atoms with Crippen molar-refractivity contribution in [2.45, 2.75) is 67.3 Å². The van der Waals surface area contributed by atoms with Gasteiger partial charge < -0.3 is 5.32 Å². The van der Waals surface area contributed by atoms with Gasteiger partial charge in [-0.2, -0.15) is 0 Å². The molecule has 0 aromatic heterocycles. The van der Waals surface area contributed by atoms with E-state index in [0.29, 0.717) is 10.9 Å². The van der Waals surface area contributed by atoms with E-state index in [9.17, 15) is 0 Å². The van der Waals surface area contributed by atoms with Crippen molar-refractivity contribution in [2.75, 3.05) is 26.2 Å². The standard InChI is InChI=1S/C21H30Cl2N2.2C2H6/c1-4-5-6-16(2)7-8-17(3)21(25-13-11-24-12-14-25)19-10-9-18(22)15-20(19)23;2*1-2/h6-10,15,17,21,24H,4-5,11-14H2,1-3H3;2*1-2H3/b8-7-,16-6-;;. The number of nitrogens with zero attached hydrogens (tertiary/aromatic N) is 1. The van der Waals surface area contributed by atoms with Gasteiger partial charge in [0.2, 0.25) is 0 Å². The Balaban J connectivity index is 0.00000184. The molecule has 29 heavy (non-hydrogen) atoms. The van der Waals surface area contributed by atoms with Gasteiger partial charge in [-0.15, -0.1) is 0 Å². The van der Waals surface area contributed by atoms with Gasteiger partial charge in [0, 0.05) is 42.3 Å². The van der Waals surface area contributed by atoms with Gasteiger partial charge in [-0.05, 0) is 37.0 Å². The maximum absolute atomic E-state index is 6.56. The Kier molecular flexibility index (Phi) is 16.5. The van der Waals surface area contributed by atoms with Crippen LogP contribution in [0.15, 0.2) is 42.0 Å². The van der Waals surface area contributed by atoms with Crippen LogP contribution in [0.3, 0.4) is 0 Å². The lowest BCUT2D eigenvalue weighted by Crippen LogP contribution is -2.46. The highest BCUT2D eigenvalue weighted by atomic mass is 35.5. The van der Waals surface area contributed by atoms with Crippen LogP contribution >= 0.6 is 23.2 Å². The largest absolute Gasteiger partial charge is 0.314 e. The summed E-state index contributed by atoms with van der Waals surface area (Å²) in [4.78, 5) is 2.53. The summed E-state index contributed by atoms with van der Waals surface area (Å²) in [6, 6.07) is 6.15. The molecule has 2 unspecified atom stereocenters. The topological polar surface area (TPSA) is 15.3 Å². The Hall–Kier alpha value is -0.800. The van der Waals surface area contributed by atoms with Crippen LogP contribution in [0.2, 0.25) is 10.0 Å². The van der Waals surface area contributed by atoms with E-state index >= 15 is 0 Å². The van der Waals surface area contributed by atoms with E-state index < -0.39 is 0 Å². The van der Waals surface area contributed by atoms with Crippen LogP contribution in [0.5, 0.6) is 0 Å². The number of halogens is 2. The quantitative estimate of drug-likeness (QED) is 0.432. The summed E-state index contributed by atoms with van der Waals surface area (Å²) in [7, 11) is 0. The van der Waals surface area contributed by atoms with Crippen molar-refractivity contribution in [1.82, 2.24) is 10.2 Å². The predicted molar refractivity (Wildman–Crippen MR) is 133 cm³/mol. The number of unbranched alkanes of at least 4 members (excludes halogenated alkanes) is 1. The highest BCUT2D eigenvalue weighted by Crippen LogP contribution is 2.35. The number of benzene rings is 1. The molecule has 1 aliphatic heterocycles. The van der Waals surface area contributed by atoms with Crippen LogP contribution in [0, 0.1) is 5.92 Å². The lowest BCUT2D eigenvalue weighted by atomic mass is 9.91. The van der Waals surface area contributed by atoms with Crippen LogP contribution in [0.4, 0.5) is 0 Å². The van der Waals surface area contributed by atoms with Crippen LogP contribution < -0.4 is 5.32 Å². The summed E-state index contributed by atoms with van der Waals surface area (Å²) >= 11 is 12.7. The third-order valence-electron chi connectivity index (χ3n) is 4.74. The van der Waals surface area contributed by atoms with Crippen molar-refractivity contribution in [3.8, 4) is 0 Å². The maximum Gasteiger partial charge on any atom is 0.0468 e. The molecular formula is C25H42Cl2N2. The first-order valence-electron chi connectivity index (χ1n) is 11.3. The average Bonchev–Trinajstić information content (AvgIpc) is 2.76. The number of rotatable bonds is 7. The van der Waals surface area contributed by atoms with E-state index in [1.54, 1.807) is 0 Å². The van der Waals surface area contributed by atoms with Gasteiger partial charge in [-0.3, -0.25) is 4.90 Å². The van der Waals surface area contributed by atoms with Crippen LogP contribution in [-0.2, 0) is 0 Å². The molecule has 0 bridgehead atoms. The zero-order chi connectivity index (χ0) is 22.2. The second kappa shape index (κ2) is 16.9. The van der Waals surface area contributed by atoms with E-state index in [1.165, 1.54) is 17.6 Å². The molecule has 4 heteroatoms. The average molecular weight is 442 g/mol. The molecule has 1 heterocycles. The van der Waals surface area contributed by atoms with Crippen LogP contribution in [-0.4, -0.2) is 31.1 Å². The Morgan fingerprint density at radius 1 is 1.14 bits per heavy atom. The van der Waals surface area contributed by atoms with Gasteiger partial charge in [-0.25, -0.2) is 0 Å². The van der Waals surface area contributed by atoms with Gasteiger partial charge in [0.1, 0.15) is 0 Å². The number of piperazine rings is 1. The van der Waals surface area contributed by atoms with Gasteiger partial charge in [-0.1, -0.05) is 101 Å². The van der Waals surface area contributed by atoms with Crippen molar-refractivity contribution in [1.29, 1.82) is 0 Å². The van der Waals surface area contributed by atoms with E-state index in [2.05, 4.69) is 55.3 Å². The monoisotopic (exact) mass is 440 g/mol. The van der Waals surface area contributed by atoms with E-state index in [0.717, 1.165) is 37.6 Å². The summed E-state index contributed by atoms with van der Waals surface area (Å²) in [5.41, 5.74) is 2.50. The Bertz CT molecular complexity index is 605. The maximum atomic E-state index is 6.56. The molecule has 0 radical (unpaired) electrons. The van der Waals surface area contributed by atoms with E-state index in [1.807, 2.05) is 39.8 Å². The van der Waals surface area contributed by atoms with Crippen LogP contribution in [0.1, 0.15) is 72.9 Å². The van der Waals surface area contributed by atoms with Crippen molar-refractivity contribution in [3.63, 3.8) is 0 Å². The number of hydrogen-bond donors (Lipinski definition) is 1. The third-order valence-corrected chi connectivity index (χ3v) is 5.30. The highest BCUT2D eigenvalue weighted by Gasteiger charge is 2.27. The Labute approximate surface area is 190 Å². The molecule has 2 atom stereocenters. The molecule has 2 rings (SSSR count). The van der Waals surface area contributed by atoms with Gasteiger partial charge in [0.15, 0.2) is 0 Å².